The van der Waals surface area contributed by atoms with Crippen molar-refractivity contribution in [3.8, 4) is 16.9 Å². The molecule has 240 valence electrons. The van der Waals surface area contributed by atoms with Crippen LogP contribution in [-0.4, -0.2) is 89.1 Å². The number of hydrogen-bond donors (Lipinski definition) is 2. The summed E-state index contributed by atoms with van der Waals surface area (Å²) in [5.41, 5.74) is 1.01. The van der Waals surface area contributed by atoms with E-state index in [-0.39, 0.29) is 42.3 Å². The van der Waals surface area contributed by atoms with Crippen LogP contribution in [0.2, 0.25) is 0 Å². The minimum atomic E-state index is -0.804. The van der Waals surface area contributed by atoms with Gasteiger partial charge in [0.05, 0.1) is 24.0 Å². The molecule has 0 spiro atoms. The second kappa shape index (κ2) is 15.3. The summed E-state index contributed by atoms with van der Waals surface area (Å²) in [6.07, 6.45) is 3.91. The molecule has 0 unspecified atom stereocenters. The molecule has 1 saturated carbocycles. The molecule has 2 amide bonds. The minimum Gasteiger partial charge on any atom is -0.492 e. The Morgan fingerprint density at radius 2 is 1.84 bits per heavy atom. The van der Waals surface area contributed by atoms with Crippen LogP contribution in [0.25, 0.3) is 17.2 Å². The fourth-order valence-electron chi connectivity index (χ4n) is 5.62. The maximum absolute atomic E-state index is 14.6. The number of nitrogens with one attached hydrogen (secondary N) is 1. The molecular formula is C32H35F2N3O6S2. The number of thiocarbonyl (C=S) groups is 1. The van der Waals surface area contributed by atoms with Gasteiger partial charge in [0.2, 0.25) is 5.91 Å². The zero-order valence-electron chi connectivity index (χ0n) is 24.6. The van der Waals surface area contributed by atoms with Crippen molar-refractivity contribution in [1.29, 1.82) is 0 Å². The third-order valence-electron chi connectivity index (χ3n) is 8.18. The van der Waals surface area contributed by atoms with Crippen LogP contribution in [0.1, 0.15) is 37.7 Å². The highest BCUT2D eigenvalue weighted by molar-refractivity contribution is 8.26. The molecule has 45 heavy (non-hydrogen) atoms. The Kier molecular flexibility index (Phi) is 11.2. The summed E-state index contributed by atoms with van der Waals surface area (Å²) in [7, 11) is 0. The van der Waals surface area contributed by atoms with Crippen LogP contribution < -0.4 is 10.1 Å². The first-order valence-corrected chi connectivity index (χ1v) is 16.2. The third-order valence-corrected chi connectivity index (χ3v) is 9.56. The molecule has 0 radical (unpaired) electrons. The predicted octanol–water partition coefficient (Wildman–Crippen LogP) is 4.69. The zero-order chi connectivity index (χ0) is 31.9. The van der Waals surface area contributed by atoms with Gasteiger partial charge in [-0.1, -0.05) is 30.0 Å². The Hall–Kier alpha value is -3.39. The van der Waals surface area contributed by atoms with Gasteiger partial charge in [-0.3, -0.25) is 24.2 Å². The molecule has 5 rings (SSSR count). The van der Waals surface area contributed by atoms with E-state index in [1.54, 1.807) is 24.3 Å². The van der Waals surface area contributed by atoms with Crippen LogP contribution in [0, 0.1) is 17.6 Å². The summed E-state index contributed by atoms with van der Waals surface area (Å²) in [4.78, 5) is 41.1. The van der Waals surface area contributed by atoms with Crippen LogP contribution >= 0.6 is 24.0 Å². The molecule has 2 aromatic carbocycles. The average Bonchev–Trinajstić information content (AvgIpc) is 3.29. The number of amides is 2. The Morgan fingerprint density at radius 1 is 1.09 bits per heavy atom. The second-order valence-electron chi connectivity index (χ2n) is 11.2. The Morgan fingerprint density at radius 3 is 2.58 bits per heavy atom. The zero-order valence-corrected chi connectivity index (χ0v) is 26.3. The molecule has 2 saturated heterocycles. The van der Waals surface area contributed by atoms with E-state index in [9.17, 15) is 28.3 Å². The number of benzene rings is 2. The second-order valence-corrected chi connectivity index (χ2v) is 12.9. The van der Waals surface area contributed by atoms with Crippen LogP contribution in [0.4, 0.5) is 8.78 Å². The molecule has 0 aromatic heterocycles. The van der Waals surface area contributed by atoms with E-state index >= 15 is 0 Å². The molecule has 13 heteroatoms. The van der Waals surface area contributed by atoms with Crippen molar-refractivity contribution in [2.24, 2.45) is 5.92 Å². The molecule has 9 nitrogen and oxygen atoms in total. The van der Waals surface area contributed by atoms with E-state index in [4.69, 9.17) is 21.7 Å². The van der Waals surface area contributed by atoms with Gasteiger partial charge in [0.25, 0.3) is 5.91 Å². The van der Waals surface area contributed by atoms with Gasteiger partial charge in [-0.2, -0.15) is 0 Å². The summed E-state index contributed by atoms with van der Waals surface area (Å²) >= 11 is 6.57. The smallest absolute Gasteiger partial charge is 0.306 e. The fraction of sp³-hybridized carbons (Fsp3) is 0.438. The topological polar surface area (TPSA) is 108 Å². The lowest BCUT2D eigenvalue weighted by molar-refractivity contribution is -0.142. The van der Waals surface area contributed by atoms with Crippen LogP contribution in [0.15, 0.2) is 41.3 Å². The molecule has 2 aliphatic heterocycles. The number of carbonyl (C=O) groups excluding carboxylic acids is 2. The number of thioether (sulfide) groups is 1. The van der Waals surface area contributed by atoms with Crippen molar-refractivity contribution in [2.75, 3.05) is 46.0 Å². The highest BCUT2D eigenvalue weighted by Gasteiger charge is 2.33. The minimum absolute atomic E-state index is 0.0445. The van der Waals surface area contributed by atoms with Crippen LogP contribution in [-0.2, 0) is 19.1 Å². The predicted molar refractivity (Wildman–Crippen MR) is 171 cm³/mol. The number of carboxylic acids is 1. The van der Waals surface area contributed by atoms with Gasteiger partial charge in [0, 0.05) is 49.8 Å². The largest absolute Gasteiger partial charge is 0.492 e. The first-order valence-electron chi connectivity index (χ1n) is 15.0. The van der Waals surface area contributed by atoms with E-state index in [0.717, 1.165) is 43.1 Å². The Balaban J connectivity index is 1.27. The SMILES string of the molecule is O=C(CCN1C(=O)/C(=C/c2cc(-c3cc(F)ccc3F)ccc2OCCN2CCOCC2)SC1=S)NC1CCC(C(=O)O)CC1. The van der Waals surface area contributed by atoms with E-state index in [0.29, 0.717) is 78.2 Å². The number of carbonyl (C=O) groups is 3. The molecule has 2 aromatic rings. The highest BCUT2D eigenvalue weighted by Crippen LogP contribution is 2.36. The number of rotatable bonds is 11. The normalized spacial score (nSPS) is 21.7. The number of halogens is 2. The fourth-order valence-corrected chi connectivity index (χ4v) is 6.92. The first-order chi connectivity index (χ1) is 21.7. The van der Waals surface area contributed by atoms with Crippen molar-refractivity contribution >= 4 is 52.2 Å². The van der Waals surface area contributed by atoms with Gasteiger partial charge in [0.15, 0.2) is 0 Å². The van der Waals surface area contributed by atoms with Gasteiger partial charge < -0.3 is 19.9 Å². The van der Waals surface area contributed by atoms with Gasteiger partial charge >= 0.3 is 5.97 Å². The molecule has 3 aliphatic rings. The number of hydrogen-bond acceptors (Lipinski definition) is 8. The highest BCUT2D eigenvalue weighted by atomic mass is 32.2. The lowest BCUT2D eigenvalue weighted by atomic mass is 9.86. The summed E-state index contributed by atoms with van der Waals surface area (Å²) in [6, 6.07) is 8.14. The van der Waals surface area contributed by atoms with Gasteiger partial charge in [-0.05, 0) is 67.7 Å². The number of carboxylic acid groups (broad SMARTS) is 1. The standard InChI is InChI=1S/C32H35F2N3O6S2/c33-23-4-7-26(34)25(19-23)21-3-8-27(43-16-13-36-11-14-42-15-12-36)22(17-21)18-28-30(39)37(32(44)45-28)10-9-29(38)35-24-5-1-20(2-6-24)31(40)41/h3-4,7-8,17-20,24H,1-2,5-6,9-16H2,(H,35,38)(H,40,41)/b28-18-. The van der Waals surface area contributed by atoms with Gasteiger partial charge in [-0.25, -0.2) is 8.78 Å². The maximum atomic E-state index is 14.6. The monoisotopic (exact) mass is 659 g/mol. The first kappa shape index (κ1) is 33.0. The molecule has 3 fully saturated rings. The van der Waals surface area contributed by atoms with Crippen LogP contribution in [0.3, 0.4) is 0 Å². The van der Waals surface area contributed by atoms with Crippen molar-refractivity contribution in [1.82, 2.24) is 15.1 Å². The van der Waals surface area contributed by atoms with Crippen molar-refractivity contribution < 1.29 is 37.7 Å². The Bertz CT molecular complexity index is 1470. The lowest BCUT2D eigenvalue weighted by Crippen LogP contribution is -2.40. The summed E-state index contributed by atoms with van der Waals surface area (Å²) in [5, 5.41) is 12.1. The van der Waals surface area contributed by atoms with E-state index in [1.165, 1.54) is 4.90 Å². The molecule has 2 N–H and O–H groups in total. The van der Waals surface area contributed by atoms with Crippen molar-refractivity contribution in [3.05, 3.63) is 58.5 Å². The lowest BCUT2D eigenvalue weighted by Gasteiger charge is -2.27. The quantitative estimate of drug-likeness (QED) is 0.262. The molecule has 2 heterocycles. The molecule has 0 bridgehead atoms. The number of morpholine rings is 1. The third kappa shape index (κ3) is 8.66. The van der Waals surface area contributed by atoms with E-state index in [2.05, 4.69) is 10.2 Å². The van der Waals surface area contributed by atoms with Crippen molar-refractivity contribution in [2.45, 2.75) is 38.1 Å². The van der Waals surface area contributed by atoms with Gasteiger partial charge in [0.1, 0.15) is 28.3 Å². The molecular weight excluding hydrogens is 624 g/mol. The molecule has 1 aliphatic carbocycles. The van der Waals surface area contributed by atoms with Crippen LogP contribution in [0.5, 0.6) is 5.75 Å². The number of aliphatic carboxylic acids is 1. The van der Waals surface area contributed by atoms with E-state index < -0.39 is 17.6 Å². The number of ether oxygens (including phenoxy) is 2. The van der Waals surface area contributed by atoms with Crippen molar-refractivity contribution in [3.63, 3.8) is 0 Å². The summed E-state index contributed by atoms with van der Waals surface area (Å²) in [5.74, 6) is -2.44. The molecule has 0 atom stereocenters. The number of nitrogens with zero attached hydrogens (tertiary/aromatic N) is 2. The maximum Gasteiger partial charge on any atom is 0.306 e. The van der Waals surface area contributed by atoms with Gasteiger partial charge in [-0.15, -0.1) is 0 Å². The summed E-state index contributed by atoms with van der Waals surface area (Å²) < 4.78 is 40.5. The van der Waals surface area contributed by atoms with E-state index in [1.807, 2.05) is 0 Å². The Labute approximate surface area is 269 Å². The summed E-state index contributed by atoms with van der Waals surface area (Å²) in [6.45, 7) is 4.08. The average molecular weight is 660 g/mol.